The van der Waals surface area contributed by atoms with Crippen LogP contribution < -0.4 is 0 Å². The lowest BCUT2D eigenvalue weighted by Crippen LogP contribution is -2.30. The molecule has 89 heavy (non-hydrogen) atoms. The highest BCUT2D eigenvalue weighted by Crippen LogP contribution is 2.45. The summed E-state index contributed by atoms with van der Waals surface area (Å²) in [6, 6.07) is 0. The van der Waals surface area contributed by atoms with Gasteiger partial charge < -0.3 is 33.8 Å². The van der Waals surface area contributed by atoms with Gasteiger partial charge in [0, 0.05) is 25.7 Å². The van der Waals surface area contributed by atoms with Crippen LogP contribution >= 0.6 is 15.6 Å². The van der Waals surface area contributed by atoms with E-state index in [1.54, 1.807) is 0 Å². The molecule has 0 aliphatic rings. The summed E-state index contributed by atoms with van der Waals surface area (Å²) in [5.74, 6) is 0.189. The fourth-order valence-electron chi connectivity index (χ4n) is 10.5. The van der Waals surface area contributed by atoms with E-state index in [9.17, 15) is 43.2 Å². The molecule has 0 aromatic carbocycles. The van der Waals surface area contributed by atoms with E-state index in [4.69, 9.17) is 37.0 Å². The summed E-state index contributed by atoms with van der Waals surface area (Å²) in [5.41, 5.74) is 0. The van der Waals surface area contributed by atoms with Gasteiger partial charge in [-0.05, 0) is 43.4 Å². The minimum absolute atomic E-state index is 0.103. The molecule has 4 unspecified atom stereocenters. The van der Waals surface area contributed by atoms with Gasteiger partial charge in [0.05, 0.1) is 26.4 Å². The summed E-state index contributed by atoms with van der Waals surface area (Å²) >= 11 is 0. The summed E-state index contributed by atoms with van der Waals surface area (Å²) in [5, 5.41) is 10.6. The second kappa shape index (κ2) is 61.0. The largest absolute Gasteiger partial charge is 0.472 e. The molecule has 0 saturated carbocycles. The number of carbonyl (C=O) groups is 4. The highest BCUT2D eigenvalue weighted by Gasteiger charge is 2.30. The number of aliphatic hydroxyl groups excluding tert-OH is 1. The molecule has 0 aromatic rings. The molecule has 0 heterocycles. The van der Waals surface area contributed by atoms with Gasteiger partial charge in [0.2, 0.25) is 0 Å². The van der Waals surface area contributed by atoms with Gasteiger partial charge >= 0.3 is 39.5 Å². The van der Waals surface area contributed by atoms with Gasteiger partial charge in [-0.15, -0.1) is 0 Å². The number of aliphatic hydroxyl groups is 1. The summed E-state index contributed by atoms with van der Waals surface area (Å²) in [4.78, 5) is 72.5. The Labute approximate surface area is 543 Å². The van der Waals surface area contributed by atoms with Gasteiger partial charge in [-0.1, -0.05) is 299 Å². The van der Waals surface area contributed by atoms with Crippen molar-refractivity contribution in [2.24, 2.45) is 17.8 Å². The van der Waals surface area contributed by atoms with E-state index >= 15 is 0 Å². The lowest BCUT2D eigenvalue weighted by atomic mass is 9.99. The Balaban J connectivity index is 5.22. The van der Waals surface area contributed by atoms with Crippen LogP contribution in [0.3, 0.4) is 0 Å². The number of ether oxygens (including phenoxy) is 4. The van der Waals surface area contributed by atoms with Crippen LogP contribution in [0.25, 0.3) is 0 Å². The second-order valence-electron chi connectivity index (χ2n) is 26.2. The van der Waals surface area contributed by atoms with Crippen molar-refractivity contribution in [2.45, 2.75) is 369 Å². The van der Waals surface area contributed by atoms with Crippen molar-refractivity contribution in [1.82, 2.24) is 0 Å². The van der Waals surface area contributed by atoms with Crippen molar-refractivity contribution in [2.75, 3.05) is 39.6 Å². The predicted molar refractivity (Wildman–Crippen MR) is 358 cm³/mol. The number of phosphoric acid groups is 2. The molecule has 0 radical (unpaired) electrons. The Morgan fingerprint density at radius 3 is 0.854 bits per heavy atom. The van der Waals surface area contributed by atoms with Crippen LogP contribution in [0.2, 0.25) is 0 Å². The number of hydrogen-bond donors (Lipinski definition) is 3. The number of unbranched alkanes of at least 4 members (excludes halogenated alkanes) is 34. The molecule has 0 fully saturated rings. The molecule has 0 aliphatic heterocycles. The Hall–Kier alpha value is -1.94. The quantitative estimate of drug-likeness (QED) is 0.0222. The minimum Gasteiger partial charge on any atom is -0.462 e. The highest BCUT2D eigenvalue weighted by atomic mass is 31.2. The first-order chi connectivity index (χ1) is 42.8. The first kappa shape index (κ1) is 87.1. The van der Waals surface area contributed by atoms with Crippen molar-refractivity contribution in [3.63, 3.8) is 0 Å². The summed E-state index contributed by atoms with van der Waals surface area (Å²) < 4.78 is 68.2. The molecule has 17 nitrogen and oxygen atoms in total. The maximum atomic E-state index is 13.0. The molecule has 0 aromatic heterocycles. The van der Waals surface area contributed by atoms with E-state index in [1.165, 1.54) is 161 Å². The molecule has 0 rings (SSSR count). The van der Waals surface area contributed by atoms with Gasteiger partial charge in [0.1, 0.15) is 19.3 Å². The van der Waals surface area contributed by atoms with E-state index in [-0.39, 0.29) is 25.7 Å². The van der Waals surface area contributed by atoms with E-state index in [0.717, 1.165) is 102 Å². The van der Waals surface area contributed by atoms with E-state index in [2.05, 4.69) is 48.5 Å². The Morgan fingerprint density at radius 2 is 0.573 bits per heavy atom. The topological polar surface area (TPSA) is 237 Å². The summed E-state index contributed by atoms with van der Waals surface area (Å²) in [6.45, 7) is 11.8. The van der Waals surface area contributed by atoms with E-state index < -0.39 is 97.5 Å². The average Bonchev–Trinajstić information content (AvgIpc) is 3.65. The van der Waals surface area contributed by atoms with Gasteiger partial charge in [-0.25, -0.2) is 9.13 Å². The maximum Gasteiger partial charge on any atom is 0.472 e. The zero-order chi connectivity index (χ0) is 65.9. The monoisotopic (exact) mass is 1310 g/mol. The SMILES string of the molecule is CCCCCCCCCCCC(=O)OC[C@H](COP(=O)(O)OC[C@H](O)COP(=O)(O)OC[C@@H](COC(=O)CCCCCCCCCCC(C)CC)OC(=O)CCCCCCCCCCCCCCCCC(C)CC)OC(=O)CCCCCCCCCC(C)C. The minimum atomic E-state index is -4.95. The van der Waals surface area contributed by atoms with Crippen LogP contribution in [0.4, 0.5) is 0 Å². The van der Waals surface area contributed by atoms with Crippen molar-refractivity contribution in [3.05, 3.63) is 0 Å². The summed E-state index contributed by atoms with van der Waals surface area (Å²) in [7, 11) is -9.90. The Morgan fingerprint density at radius 1 is 0.326 bits per heavy atom. The van der Waals surface area contributed by atoms with Crippen LogP contribution in [0.15, 0.2) is 0 Å². The number of phosphoric ester groups is 2. The van der Waals surface area contributed by atoms with Crippen LogP contribution in [0.5, 0.6) is 0 Å². The zero-order valence-corrected chi connectivity index (χ0v) is 59.7. The second-order valence-corrected chi connectivity index (χ2v) is 29.1. The average molecular weight is 1310 g/mol. The molecular weight excluding hydrogens is 1170 g/mol. The van der Waals surface area contributed by atoms with Gasteiger partial charge in [0.25, 0.3) is 0 Å². The van der Waals surface area contributed by atoms with E-state index in [0.29, 0.717) is 31.6 Å². The number of carbonyl (C=O) groups excluding carboxylic acids is 4. The standard InChI is InChI=1S/C70H136O17P2/c1-8-11-12-13-14-21-30-37-44-51-67(72)80-58-66(87-70(75)54-47-40-33-26-27-34-41-48-61(4)5)60-85-89(78,79)83-56-64(71)55-82-88(76,77)84-59-65(57-81-68(73)52-45-38-31-25-24-29-36-43-50-63(7)10-3)86-69(74)53-46-39-32-23-20-18-16-15-17-19-22-28-35-42-49-62(6)9-2/h61-66,71H,8-60H2,1-7H3,(H,76,77)(H,78,79)/t62?,63?,64-,65-,66-/m1/s1. The molecule has 0 aliphatic carbocycles. The molecule has 0 spiro atoms. The maximum absolute atomic E-state index is 13.0. The molecular formula is C70H136O17P2. The lowest BCUT2D eigenvalue weighted by molar-refractivity contribution is -0.161. The fraction of sp³-hybridized carbons (Fsp3) is 0.943. The molecule has 0 saturated heterocycles. The van der Waals surface area contributed by atoms with Crippen LogP contribution in [0, 0.1) is 17.8 Å². The molecule has 19 heteroatoms. The first-order valence-electron chi connectivity index (χ1n) is 36.4. The van der Waals surface area contributed by atoms with Gasteiger partial charge in [-0.3, -0.25) is 37.3 Å². The fourth-order valence-corrected chi connectivity index (χ4v) is 12.1. The highest BCUT2D eigenvalue weighted by molar-refractivity contribution is 7.47. The van der Waals surface area contributed by atoms with Gasteiger partial charge in [0.15, 0.2) is 12.2 Å². The van der Waals surface area contributed by atoms with Crippen LogP contribution in [-0.4, -0.2) is 96.7 Å². The van der Waals surface area contributed by atoms with Crippen molar-refractivity contribution in [1.29, 1.82) is 0 Å². The molecule has 0 amide bonds. The van der Waals surface area contributed by atoms with Crippen molar-refractivity contribution < 1.29 is 80.2 Å². The number of rotatable bonds is 68. The molecule has 528 valence electrons. The Kier molecular flexibility index (Phi) is 59.6. The Bertz CT molecular complexity index is 1750. The number of hydrogen-bond acceptors (Lipinski definition) is 15. The summed E-state index contributed by atoms with van der Waals surface area (Å²) in [6.07, 6.45) is 44.4. The van der Waals surface area contributed by atoms with Crippen LogP contribution in [-0.2, 0) is 65.4 Å². The zero-order valence-electron chi connectivity index (χ0n) is 57.9. The van der Waals surface area contributed by atoms with Gasteiger partial charge in [-0.2, -0.15) is 0 Å². The smallest absolute Gasteiger partial charge is 0.462 e. The molecule has 7 atom stereocenters. The van der Waals surface area contributed by atoms with Crippen molar-refractivity contribution in [3.8, 4) is 0 Å². The van der Waals surface area contributed by atoms with Crippen molar-refractivity contribution >= 4 is 39.5 Å². The first-order valence-corrected chi connectivity index (χ1v) is 39.4. The molecule has 0 bridgehead atoms. The predicted octanol–water partition coefficient (Wildman–Crippen LogP) is 19.8. The number of esters is 4. The van der Waals surface area contributed by atoms with E-state index in [1.807, 2.05) is 0 Å². The third-order valence-electron chi connectivity index (χ3n) is 16.9. The normalized spacial score (nSPS) is 14.8. The third-order valence-corrected chi connectivity index (χ3v) is 18.8. The lowest BCUT2D eigenvalue weighted by Gasteiger charge is -2.21. The van der Waals surface area contributed by atoms with Crippen LogP contribution in [0.1, 0.15) is 350 Å². The third kappa shape index (κ3) is 62.0. The molecule has 3 N–H and O–H groups in total.